The number of nitrogens with one attached hydrogen (secondary N) is 2. The van der Waals surface area contributed by atoms with E-state index in [1.807, 2.05) is 37.3 Å². The first-order valence-corrected chi connectivity index (χ1v) is 7.92. The maximum atomic E-state index is 11.8. The topological polar surface area (TPSA) is 104 Å². The zero-order valence-corrected chi connectivity index (χ0v) is 14.5. The molecule has 1 unspecified atom stereocenters. The summed E-state index contributed by atoms with van der Waals surface area (Å²) in [5.41, 5.74) is 6.80. The Morgan fingerprint density at radius 2 is 1.80 bits per heavy atom. The van der Waals surface area contributed by atoms with Gasteiger partial charge in [0.25, 0.3) is 0 Å². The number of alkyl halides is 3. The van der Waals surface area contributed by atoms with Crippen molar-refractivity contribution in [3.05, 3.63) is 35.9 Å². The SMILES string of the molecule is C[C@H](NCC(N)CS)C(=O)NCc1ccccc1.O=C(O)C(F)(F)F. The van der Waals surface area contributed by atoms with E-state index in [0.717, 1.165) is 5.56 Å². The van der Waals surface area contributed by atoms with Gasteiger partial charge in [-0.25, -0.2) is 4.79 Å². The van der Waals surface area contributed by atoms with E-state index < -0.39 is 12.1 Å². The number of aliphatic carboxylic acids is 1. The molecule has 0 aliphatic rings. The molecule has 2 atom stereocenters. The molecule has 0 saturated heterocycles. The molecule has 1 aromatic carbocycles. The van der Waals surface area contributed by atoms with Crippen molar-refractivity contribution in [1.29, 1.82) is 0 Å². The maximum Gasteiger partial charge on any atom is 0.490 e. The highest BCUT2D eigenvalue weighted by Crippen LogP contribution is 2.13. The normalized spacial score (nSPS) is 13.2. The Kier molecular flexibility index (Phi) is 10.9. The fraction of sp³-hybridized carbons (Fsp3) is 0.467. The minimum absolute atomic E-state index is 0.0229. The molecule has 142 valence electrons. The smallest absolute Gasteiger partial charge is 0.475 e. The van der Waals surface area contributed by atoms with Crippen LogP contribution in [-0.4, -0.2) is 47.5 Å². The van der Waals surface area contributed by atoms with Gasteiger partial charge in [0.05, 0.1) is 6.04 Å². The third-order valence-corrected chi connectivity index (χ3v) is 3.34. The first-order chi connectivity index (χ1) is 11.6. The number of carboxylic acid groups (broad SMARTS) is 1. The lowest BCUT2D eigenvalue weighted by molar-refractivity contribution is -0.192. The maximum absolute atomic E-state index is 11.8. The molecule has 1 aromatic rings. The number of benzene rings is 1. The van der Waals surface area contributed by atoms with Crippen LogP contribution in [-0.2, 0) is 16.1 Å². The monoisotopic (exact) mass is 381 g/mol. The summed E-state index contributed by atoms with van der Waals surface area (Å²) in [5.74, 6) is -2.18. The Morgan fingerprint density at radius 3 is 2.24 bits per heavy atom. The van der Waals surface area contributed by atoms with E-state index in [9.17, 15) is 18.0 Å². The van der Waals surface area contributed by atoms with Gasteiger partial charge in [0.15, 0.2) is 0 Å². The predicted octanol–water partition coefficient (Wildman–Crippen LogP) is 1.17. The van der Waals surface area contributed by atoms with Crippen molar-refractivity contribution in [2.75, 3.05) is 12.3 Å². The van der Waals surface area contributed by atoms with Gasteiger partial charge < -0.3 is 21.5 Å². The number of carbonyl (C=O) groups is 2. The second-order valence-corrected chi connectivity index (χ2v) is 5.44. The van der Waals surface area contributed by atoms with Crippen molar-refractivity contribution in [2.45, 2.75) is 31.7 Å². The molecular weight excluding hydrogens is 359 g/mol. The number of amides is 1. The molecule has 0 spiro atoms. The molecule has 0 saturated carbocycles. The third-order valence-electron chi connectivity index (χ3n) is 2.87. The summed E-state index contributed by atoms with van der Waals surface area (Å²) in [5, 5.41) is 13.1. The van der Waals surface area contributed by atoms with Crippen LogP contribution in [0.4, 0.5) is 13.2 Å². The Bertz CT molecular complexity index is 530. The molecule has 25 heavy (non-hydrogen) atoms. The van der Waals surface area contributed by atoms with Gasteiger partial charge in [-0.15, -0.1) is 0 Å². The highest BCUT2D eigenvalue weighted by molar-refractivity contribution is 7.80. The zero-order chi connectivity index (χ0) is 19.5. The second-order valence-electron chi connectivity index (χ2n) is 5.08. The average Bonchev–Trinajstić information content (AvgIpc) is 2.57. The van der Waals surface area contributed by atoms with Crippen molar-refractivity contribution in [1.82, 2.24) is 10.6 Å². The van der Waals surface area contributed by atoms with Crippen molar-refractivity contribution >= 4 is 24.5 Å². The molecule has 0 bridgehead atoms. The molecule has 0 aliphatic carbocycles. The summed E-state index contributed by atoms with van der Waals surface area (Å²) in [6.45, 7) is 2.96. The number of thiol groups is 1. The fourth-order valence-electron chi connectivity index (χ4n) is 1.42. The molecule has 0 aromatic heterocycles. The summed E-state index contributed by atoms with van der Waals surface area (Å²) < 4.78 is 31.7. The number of halogens is 3. The van der Waals surface area contributed by atoms with Gasteiger partial charge in [-0.3, -0.25) is 4.79 Å². The molecule has 0 heterocycles. The number of carboxylic acids is 1. The summed E-state index contributed by atoms with van der Waals surface area (Å²) in [7, 11) is 0. The van der Waals surface area contributed by atoms with E-state index in [1.165, 1.54) is 0 Å². The van der Waals surface area contributed by atoms with Crippen molar-refractivity contribution in [2.24, 2.45) is 5.73 Å². The van der Waals surface area contributed by atoms with E-state index in [0.29, 0.717) is 18.8 Å². The summed E-state index contributed by atoms with van der Waals surface area (Å²) in [4.78, 5) is 20.7. The van der Waals surface area contributed by atoms with Crippen molar-refractivity contribution in [3.63, 3.8) is 0 Å². The van der Waals surface area contributed by atoms with Gasteiger partial charge in [-0.2, -0.15) is 25.8 Å². The molecule has 1 rings (SSSR count). The zero-order valence-electron chi connectivity index (χ0n) is 13.6. The van der Waals surface area contributed by atoms with Crippen molar-refractivity contribution < 1.29 is 27.9 Å². The van der Waals surface area contributed by atoms with Gasteiger partial charge in [-0.1, -0.05) is 30.3 Å². The van der Waals surface area contributed by atoms with E-state index in [2.05, 4.69) is 23.3 Å². The molecule has 0 aliphatic heterocycles. The lowest BCUT2D eigenvalue weighted by Gasteiger charge is -2.16. The van der Waals surface area contributed by atoms with Crippen LogP contribution in [0.15, 0.2) is 30.3 Å². The van der Waals surface area contributed by atoms with Gasteiger partial charge in [0.1, 0.15) is 0 Å². The summed E-state index contributed by atoms with van der Waals surface area (Å²) in [6.07, 6.45) is -5.08. The molecular formula is C15H22F3N3O3S. The van der Waals surface area contributed by atoms with E-state index >= 15 is 0 Å². The third kappa shape index (κ3) is 11.4. The first kappa shape index (κ1) is 23.2. The largest absolute Gasteiger partial charge is 0.490 e. The molecule has 5 N–H and O–H groups in total. The molecule has 10 heteroatoms. The Morgan fingerprint density at radius 1 is 1.28 bits per heavy atom. The van der Waals surface area contributed by atoms with Crippen LogP contribution in [0.1, 0.15) is 12.5 Å². The standard InChI is InChI=1S/C13H21N3OS.C2HF3O2/c1-10(15-8-12(14)9-18)13(17)16-7-11-5-3-2-4-6-11;3-2(4,5)1(6)7/h2-6,10,12,15,18H,7-9,14H2,1H3,(H,16,17);(H,6,7)/t10-,12?;/m0./s1. The second kappa shape index (κ2) is 11.7. The Balaban J connectivity index is 0.000000697. The Hall–Kier alpha value is -1.78. The number of carbonyl (C=O) groups excluding carboxylic acids is 1. The predicted molar refractivity (Wildman–Crippen MR) is 91.3 cm³/mol. The number of nitrogens with two attached hydrogens (primary N) is 1. The van der Waals surface area contributed by atoms with Crippen LogP contribution in [0.25, 0.3) is 0 Å². The molecule has 0 radical (unpaired) electrons. The van der Waals surface area contributed by atoms with Gasteiger partial charge in [0, 0.05) is 24.9 Å². The molecule has 1 amide bonds. The number of rotatable bonds is 7. The van der Waals surface area contributed by atoms with E-state index in [-0.39, 0.29) is 18.0 Å². The van der Waals surface area contributed by atoms with Crippen LogP contribution < -0.4 is 16.4 Å². The molecule has 6 nitrogen and oxygen atoms in total. The number of hydrogen-bond donors (Lipinski definition) is 5. The van der Waals surface area contributed by atoms with Crippen LogP contribution in [0.5, 0.6) is 0 Å². The quantitative estimate of drug-likeness (QED) is 0.456. The van der Waals surface area contributed by atoms with E-state index in [4.69, 9.17) is 15.6 Å². The summed E-state index contributed by atoms with van der Waals surface area (Å²) >= 11 is 4.09. The van der Waals surface area contributed by atoms with Crippen LogP contribution in [0.2, 0.25) is 0 Å². The molecule has 0 fully saturated rings. The van der Waals surface area contributed by atoms with E-state index in [1.54, 1.807) is 0 Å². The lowest BCUT2D eigenvalue weighted by atomic mass is 10.2. The number of hydrogen-bond acceptors (Lipinski definition) is 5. The van der Waals surface area contributed by atoms with Gasteiger partial charge >= 0.3 is 12.1 Å². The highest BCUT2D eigenvalue weighted by Gasteiger charge is 2.38. The van der Waals surface area contributed by atoms with Gasteiger partial charge in [-0.05, 0) is 12.5 Å². The fourth-order valence-corrected chi connectivity index (χ4v) is 1.55. The van der Waals surface area contributed by atoms with Crippen LogP contribution >= 0.6 is 12.6 Å². The van der Waals surface area contributed by atoms with Crippen LogP contribution in [0.3, 0.4) is 0 Å². The minimum atomic E-state index is -5.08. The van der Waals surface area contributed by atoms with Gasteiger partial charge in [0.2, 0.25) is 5.91 Å². The van der Waals surface area contributed by atoms with Crippen LogP contribution in [0, 0.1) is 0 Å². The first-order valence-electron chi connectivity index (χ1n) is 7.29. The minimum Gasteiger partial charge on any atom is -0.475 e. The van der Waals surface area contributed by atoms with Crippen molar-refractivity contribution in [3.8, 4) is 0 Å². The summed E-state index contributed by atoms with van der Waals surface area (Å²) in [6, 6.07) is 9.54. The Labute approximate surface area is 149 Å². The lowest BCUT2D eigenvalue weighted by Crippen LogP contribution is -2.46. The average molecular weight is 381 g/mol. The highest BCUT2D eigenvalue weighted by atomic mass is 32.1.